The minimum atomic E-state index is -0.00808. The topological polar surface area (TPSA) is 118 Å². The summed E-state index contributed by atoms with van der Waals surface area (Å²) in [5.74, 6) is 0.860. The molecule has 8 heteroatoms. The molecule has 0 saturated heterocycles. The van der Waals surface area contributed by atoms with Crippen molar-refractivity contribution in [1.29, 1.82) is 0 Å². The number of rotatable bonds is 8. The molecule has 0 aromatic heterocycles. The standard InChI is InChI=1S/2C16H15NO3/c2*1-11(18)12-5-3-7-14(9-12)17-10-13-6-4-8-15(20-2)16(13)19/h2*3-10,19H,1-2H3. The number of hydrogen-bond acceptors (Lipinski definition) is 8. The molecule has 0 aliphatic heterocycles. The first-order valence-corrected chi connectivity index (χ1v) is 12.3. The van der Waals surface area contributed by atoms with Crippen LogP contribution in [0.2, 0.25) is 0 Å². The molecule has 2 N–H and O–H groups in total. The number of phenols is 2. The van der Waals surface area contributed by atoms with Crippen LogP contribution in [0, 0.1) is 0 Å². The smallest absolute Gasteiger partial charge is 0.166 e. The van der Waals surface area contributed by atoms with Crippen molar-refractivity contribution < 1.29 is 29.3 Å². The number of carbonyl (C=O) groups is 2. The molecule has 0 radical (unpaired) electrons. The van der Waals surface area contributed by atoms with Gasteiger partial charge in [0, 0.05) is 34.7 Å². The third kappa shape index (κ3) is 7.88. The highest BCUT2D eigenvalue weighted by Gasteiger charge is 2.06. The molecule has 0 amide bonds. The van der Waals surface area contributed by atoms with Crippen molar-refractivity contribution in [2.75, 3.05) is 14.2 Å². The van der Waals surface area contributed by atoms with E-state index in [1.165, 1.54) is 40.5 Å². The summed E-state index contributed by atoms with van der Waals surface area (Å²) in [6.07, 6.45) is 3.08. The Morgan fingerprint density at radius 3 is 1.35 bits per heavy atom. The van der Waals surface area contributed by atoms with Gasteiger partial charge in [-0.05, 0) is 62.4 Å². The number of hydrogen-bond donors (Lipinski definition) is 2. The molecular formula is C32H30N2O6. The summed E-state index contributed by atoms with van der Waals surface area (Å²) in [6.45, 7) is 3.02. The van der Waals surface area contributed by atoms with Gasteiger partial charge in [-0.1, -0.05) is 36.4 Å². The van der Waals surface area contributed by atoms with Gasteiger partial charge in [-0.3, -0.25) is 19.6 Å². The molecule has 8 nitrogen and oxygen atoms in total. The Balaban J connectivity index is 0.000000220. The van der Waals surface area contributed by atoms with Crippen molar-refractivity contribution >= 4 is 35.4 Å². The maximum Gasteiger partial charge on any atom is 0.166 e. The van der Waals surface area contributed by atoms with Gasteiger partial charge in [-0.25, -0.2) is 0 Å². The lowest BCUT2D eigenvalue weighted by molar-refractivity contribution is 0.100. The average Bonchev–Trinajstić information content (AvgIpc) is 2.96. The SMILES string of the molecule is COc1cccc(C=Nc2cccc(C(C)=O)c2)c1O.COc1cccc(C=Nc2cccc(C(C)=O)c2)c1O. The summed E-state index contributed by atoms with van der Waals surface area (Å²) >= 11 is 0. The zero-order valence-electron chi connectivity index (χ0n) is 22.7. The van der Waals surface area contributed by atoms with E-state index in [0.717, 1.165) is 0 Å². The third-order valence-corrected chi connectivity index (χ3v) is 5.71. The highest BCUT2D eigenvalue weighted by Crippen LogP contribution is 2.29. The van der Waals surface area contributed by atoms with Crippen LogP contribution in [0.15, 0.2) is 94.9 Å². The van der Waals surface area contributed by atoms with Crippen molar-refractivity contribution in [3.8, 4) is 23.0 Å². The Morgan fingerprint density at radius 2 is 1.00 bits per heavy atom. The van der Waals surface area contributed by atoms with Crippen molar-refractivity contribution in [3.63, 3.8) is 0 Å². The molecule has 0 saturated carbocycles. The largest absolute Gasteiger partial charge is 0.504 e. The van der Waals surface area contributed by atoms with E-state index < -0.39 is 0 Å². The maximum absolute atomic E-state index is 11.3. The first-order valence-electron chi connectivity index (χ1n) is 12.3. The van der Waals surface area contributed by atoms with E-state index in [1.54, 1.807) is 84.9 Å². The van der Waals surface area contributed by atoms with E-state index in [-0.39, 0.29) is 23.1 Å². The number of aliphatic imine (C=N–C) groups is 2. The molecule has 0 aliphatic carbocycles. The lowest BCUT2D eigenvalue weighted by atomic mass is 10.1. The van der Waals surface area contributed by atoms with Crippen LogP contribution in [0.25, 0.3) is 0 Å². The summed E-state index contributed by atoms with van der Waals surface area (Å²) in [5.41, 5.74) is 3.62. The van der Waals surface area contributed by atoms with Crippen LogP contribution in [-0.4, -0.2) is 48.4 Å². The molecule has 0 bridgehead atoms. The summed E-state index contributed by atoms with van der Waals surface area (Å²) in [5, 5.41) is 19.9. The number of methoxy groups -OCH3 is 2. The fraction of sp³-hybridized carbons (Fsp3) is 0.125. The third-order valence-electron chi connectivity index (χ3n) is 5.71. The van der Waals surface area contributed by atoms with E-state index >= 15 is 0 Å². The monoisotopic (exact) mass is 538 g/mol. The Labute approximate surface area is 232 Å². The first kappa shape index (κ1) is 29.3. The summed E-state index contributed by atoms with van der Waals surface area (Å²) in [6, 6.07) is 24.4. The number of para-hydroxylation sites is 2. The average molecular weight is 539 g/mol. The maximum atomic E-state index is 11.3. The molecule has 4 aromatic carbocycles. The second-order valence-electron chi connectivity index (χ2n) is 8.53. The number of Topliss-reactive ketones (excluding diaryl/α,β-unsaturated/α-hetero) is 2. The quantitative estimate of drug-likeness (QED) is 0.190. The number of aromatic hydroxyl groups is 2. The molecule has 4 aromatic rings. The van der Waals surface area contributed by atoms with Gasteiger partial charge in [0.05, 0.1) is 25.6 Å². The van der Waals surface area contributed by atoms with Gasteiger partial charge < -0.3 is 19.7 Å². The van der Waals surface area contributed by atoms with Gasteiger partial charge in [-0.2, -0.15) is 0 Å². The van der Waals surface area contributed by atoms with Gasteiger partial charge in [0.2, 0.25) is 0 Å². The second-order valence-corrected chi connectivity index (χ2v) is 8.53. The number of ether oxygens (including phenoxy) is 2. The van der Waals surface area contributed by atoms with Gasteiger partial charge >= 0.3 is 0 Å². The van der Waals surface area contributed by atoms with Crippen molar-refractivity contribution in [2.45, 2.75) is 13.8 Å². The minimum Gasteiger partial charge on any atom is -0.504 e. The number of benzene rings is 4. The number of nitrogens with zero attached hydrogens (tertiary/aromatic N) is 2. The fourth-order valence-corrected chi connectivity index (χ4v) is 3.51. The Bertz CT molecular complexity index is 1440. The highest BCUT2D eigenvalue weighted by atomic mass is 16.5. The lowest BCUT2D eigenvalue weighted by Crippen LogP contribution is -1.90. The van der Waals surface area contributed by atoms with Crippen LogP contribution in [0.5, 0.6) is 23.0 Å². The molecule has 0 atom stereocenters. The molecule has 0 fully saturated rings. The van der Waals surface area contributed by atoms with E-state index in [4.69, 9.17) is 9.47 Å². The molecule has 40 heavy (non-hydrogen) atoms. The van der Waals surface area contributed by atoms with Gasteiger partial charge in [0.1, 0.15) is 0 Å². The normalized spacial score (nSPS) is 10.7. The van der Waals surface area contributed by atoms with Crippen molar-refractivity contribution in [3.05, 3.63) is 107 Å². The zero-order valence-corrected chi connectivity index (χ0v) is 22.7. The van der Waals surface area contributed by atoms with Crippen molar-refractivity contribution in [1.82, 2.24) is 0 Å². The second kappa shape index (κ2) is 14.1. The van der Waals surface area contributed by atoms with E-state index in [2.05, 4.69) is 9.98 Å². The Hall–Kier alpha value is -5.24. The number of phenolic OH excluding ortho intramolecular Hbond substituents is 2. The van der Waals surface area contributed by atoms with Gasteiger partial charge in [-0.15, -0.1) is 0 Å². The predicted molar refractivity (Wildman–Crippen MR) is 157 cm³/mol. The van der Waals surface area contributed by atoms with Crippen LogP contribution in [0.3, 0.4) is 0 Å². The van der Waals surface area contributed by atoms with E-state index in [0.29, 0.717) is 45.1 Å². The van der Waals surface area contributed by atoms with E-state index in [1.807, 2.05) is 0 Å². The molecule has 0 aliphatic rings. The van der Waals surface area contributed by atoms with Crippen LogP contribution in [-0.2, 0) is 0 Å². The lowest BCUT2D eigenvalue weighted by Gasteiger charge is -2.05. The number of carbonyl (C=O) groups excluding carboxylic acids is 2. The summed E-state index contributed by atoms with van der Waals surface area (Å²) in [4.78, 5) is 31.1. The molecule has 0 unspecified atom stereocenters. The highest BCUT2D eigenvalue weighted by molar-refractivity contribution is 5.96. The minimum absolute atomic E-state index is 0.00808. The number of ketones is 2. The van der Waals surface area contributed by atoms with Crippen molar-refractivity contribution in [2.24, 2.45) is 9.98 Å². The Kier molecular flexibility index (Phi) is 10.3. The van der Waals surface area contributed by atoms with Crippen LogP contribution in [0.4, 0.5) is 11.4 Å². The first-order chi connectivity index (χ1) is 19.2. The molecular weight excluding hydrogens is 508 g/mol. The molecule has 0 heterocycles. The van der Waals surface area contributed by atoms with Crippen LogP contribution in [0.1, 0.15) is 45.7 Å². The van der Waals surface area contributed by atoms with Crippen LogP contribution < -0.4 is 9.47 Å². The summed E-state index contributed by atoms with van der Waals surface area (Å²) < 4.78 is 10.1. The molecule has 4 rings (SSSR count). The van der Waals surface area contributed by atoms with Gasteiger partial charge in [0.15, 0.2) is 34.6 Å². The predicted octanol–water partition coefficient (Wildman–Crippen LogP) is 6.71. The molecule has 204 valence electrons. The van der Waals surface area contributed by atoms with Gasteiger partial charge in [0.25, 0.3) is 0 Å². The van der Waals surface area contributed by atoms with Crippen LogP contribution >= 0.6 is 0 Å². The summed E-state index contributed by atoms with van der Waals surface area (Å²) in [7, 11) is 2.98. The fourth-order valence-electron chi connectivity index (χ4n) is 3.51. The zero-order chi connectivity index (χ0) is 29.1. The van der Waals surface area contributed by atoms with E-state index in [9.17, 15) is 19.8 Å². The molecule has 0 spiro atoms. The Morgan fingerprint density at radius 1 is 0.625 bits per heavy atom.